The first-order valence-electron chi connectivity index (χ1n) is 8.36. The van der Waals surface area contributed by atoms with Crippen molar-refractivity contribution >= 4 is 11.6 Å². The number of hydrogen-bond donors (Lipinski definition) is 1. The van der Waals surface area contributed by atoms with E-state index in [0.29, 0.717) is 32.3 Å². The van der Waals surface area contributed by atoms with Crippen LogP contribution in [-0.2, 0) is 14.3 Å². The molecule has 0 heterocycles. The molecule has 0 unspecified atom stereocenters. The Balaban J connectivity index is 1.88. The van der Waals surface area contributed by atoms with E-state index in [0.717, 1.165) is 24.3 Å². The van der Waals surface area contributed by atoms with Gasteiger partial charge in [0.25, 0.3) is 5.91 Å². The van der Waals surface area contributed by atoms with Gasteiger partial charge in [0.15, 0.2) is 0 Å². The van der Waals surface area contributed by atoms with Gasteiger partial charge in [-0.1, -0.05) is 0 Å². The molecule has 1 saturated carbocycles. The number of anilines is 1. The van der Waals surface area contributed by atoms with Crippen LogP contribution < -0.4 is 10.1 Å². The number of carbonyl (C=O) groups is 1. The summed E-state index contributed by atoms with van der Waals surface area (Å²) in [5.41, 5.74) is 0.0141. The van der Waals surface area contributed by atoms with Gasteiger partial charge in [0.05, 0.1) is 6.61 Å². The zero-order valence-electron chi connectivity index (χ0n) is 14.3. The molecule has 1 atom stereocenters. The molecule has 23 heavy (non-hydrogen) atoms. The maximum Gasteiger partial charge on any atom is 0.256 e. The molecule has 1 aliphatic carbocycles. The minimum Gasteiger partial charge on any atom is -0.491 e. The van der Waals surface area contributed by atoms with Crippen molar-refractivity contribution in [3.8, 4) is 5.75 Å². The van der Waals surface area contributed by atoms with E-state index in [2.05, 4.69) is 5.32 Å². The molecule has 0 spiro atoms. The summed E-state index contributed by atoms with van der Waals surface area (Å²) in [7, 11) is 0. The molecular formula is C18H27NO4. The lowest BCUT2D eigenvalue weighted by atomic mass is 9.99. The highest BCUT2D eigenvalue weighted by Crippen LogP contribution is 2.42. The van der Waals surface area contributed by atoms with Gasteiger partial charge < -0.3 is 19.5 Å². The molecule has 0 bridgehead atoms. The average molecular weight is 321 g/mol. The third-order valence-corrected chi connectivity index (χ3v) is 4.06. The van der Waals surface area contributed by atoms with Crippen LogP contribution >= 0.6 is 0 Å². The molecule has 1 aromatic carbocycles. The lowest BCUT2D eigenvalue weighted by molar-refractivity contribution is -0.141. The lowest BCUT2D eigenvalue weighted by Crippen LogP contribution is -2.44. The smallest absolute Gasteiger partial charge is 0.256 e. The van der Waals surface area contributed by atoms with E-state index in [4.69, 9.17) is 14.2 Å². The number of amides is 1. The van der Waals surface area contributed by atoms with E-state index >= 15 is 0 Å². The molecule has 1 amide bonds. The number of hydrogen-bond acceptors (Lipinski definition) is 4. The van der Waals surface area contributed by atoms with Gasteiger partial charge in [-0.3, -0.25) is 4.79 Å². The van der Waals surface area contributed by atoms with Crippen LogP contribution in [0.15, 0.2) is 24.3 Å². The summed E-state index contributed by atoms with van der Waals surface area (Å²) in [6.07, 6.45) is 2.10. The van der Waals surface area contributed by atoms with E-state index < -0.39 is 5.60 Å². The van der Waals surface area contributed by atoms with Crippen molar-refractivity contribution in [1.29, 1.82) is 0 Å². The third kappa shape index (κ3) is 4.94. The average Bonchev–Trinajstić information content (AvgIpc) is 3.38. The molecule has 1 fully saturated rings. The minimum absolute atomic E-state index is 0.0770. The zero-order valence-corrected chi connectivity index (χ0v) is 14.3. The van der Waals surface area contributed by atoms with Crippen LogP contribution in [0.1, 0.15) is 33.6 Å². The van der Waals surface area contributed by atoms with Crippen LogP contribution in [-0.4, -0.2) is 37.9 Å². The van der Waals surface area contributed by atoms with E-state index in [1.807, 2.05) is 45.0 Å². The van der Waals surface area contributed by atoms with Crippen LogP contribution in [0.4, 0.5) is 5.69 Å². The Bertz CT molecular complexity index is 498. The van der Waals surface area contributed by atoms with Gasteiger partial charge in [0.1, 0.15) is 18.0 Å². The quantitative estimate of drug-likeness (QED) is 0.672. The van der Waals surface area contributed by atoms with E-state index in [1.165, 1.54) is 0 Å². The fraction of sp³-hybridized carbons (Fsp3) is 0.611. The summed E-state index contributed by atoms with van der Waals surface area (Å²) in [6.45, 7) is 8.07. The van der Waals surface area contributed by atoms with E-state index in [-0.39, 0.29) is 5.91 Å². The van der Waals surface area contributed by atoms with Gasteiger partial charge in [0, 0.05) is 18.9 Å². The Kier molecular flexibility index (Phi) is 6.42. The maximum atomic E-state index is 12.6. The number of nitrogens with one attached hydrogen (secondary N) is 1. The van der Waals surface area contributed by atoms with Gasteiger partial charge in [-0.25, -0.2) is 0 Å². The topological polar surface area (TPSA) is 56.8 Å². The van der Waals surface area contributed by atoms with Crippen LogP contribution in [0.25, 0.3) is 0 Å². The van der Waals surface area contributed by atoms with Gasteiger partial charge in [-0.05, 0) is 63.8 Å². The van der Waals surface area contributed by atoms with Crippen molar-refractivity contribution in [2.75, 3.05) is 31.7 Å². The van der Waals surface area contributed by atoms with Gasteiger partial charge in [-0.2, -0.15) is 0 Å². The second-order valence-electron chi connectivity index (χ2n) is 5.84. The molecule has 0 aromatic heterocycles. The predicted molar refractivity (Wildman–Crippen MR) is 89.8 cm³/mol. The highest BCUT2D eigenvalue weighted by molar-refractivity contribution is 5.97. The second kappa shape index (κ2) is 8.31. The standard InChI is InChI=1S/C18H27NO4/c1-4-21-12-13-22-16-10-8-15(9-11-16)19-17(20)18(3,23-5-2)14-6-7-14/h8-11,14H,4-7,12-13H2,1-3H3,(H,19,20)/t18-/m0/s1. The van der Waals surface area contributed by atoms with E-state index in [1.54, 1.807) is 0 Å². The molecule has 5 nitrogen and oxygen atoms in total. The molecule has 1 N–H and O–H groups in total. The van der Waals surface area contributed by atoms with Crippen molar-refractivity contribution in [3.63, 3.8) is 0 Å². The minimum atomic E-state index is -0.735. The van der Waals surface area contributed by atoms with Gasteiger partial charge in [0.2, 0.25) is 0 Å². The molecule has 2 rings (SSSR count). The summed E-state index contributed by atoms with van der Waals surface area (Å²) in [6, 6.07) is 7.37. The van der Waals surface area contributed by atoms with Gasteiger partial charge >= 0.3 is 0 Å². The fourth-order valence-electron chi connectivity index (χ4n) is 2.56. The summed E-state index contributed by atoms with van der Waals surface area (Å²) >= 11 is 0. The fourth-order valence-corrected chi connectivity index (χ4v) is 2.56. The van der Waals surface area contributed by atoms with Crippen LogP contribution in [0.3, 0.4) is 0 Å². The first-order valence-corrected chi connectivity index (χ1v) is 8.36. The van der Waals surface area contributed by atoms with Gasteiger partial charge in [-0.15, -0.1) is 0 Å². The number of carbonyl (C=O) groups excluding carboxylic acids is 1. The Morgan fingerprint density at radius 2 is 1.87 bits per heavy atom. The number of benzene rings is 1. The van der Waals surface area contributed by atoms with Crippen molar-refractivity contribution in [3.05, 3.63) is 24.3 Å². The number of ether oxygens (including phenoxy) is 3. The predicted octanol–water partition coefficient (Wildman–Crippen LogP) is 3.25. The lowest BCUT2D eigenvalue weighted by Gasteiger charge is -2.28. The maximum absolute atomic E-state index is 12.6. The highest BCUT2D eigenvalue weighted by atomic mass is 16.5. The van der Waals surface area contributed by atoms with Crippen molar-refractivity contribution in [1.82, 2.24) is 0 Å². The third-order valence-electron chi connectivity index (χ3n) is 4.06. The summed E-state index contributed by atoms with van der Waals surface area (Å²) in [5.74, 6) is 1.01. The van der Waals surface area contributed by atoms with Crippen molar-refractivity contribution < 1.29 is 19.0 Å². The molecule has 1 aromatic rings. The molecule has 128 valence electrons. The zero-order chi connectivity index (χ0) is 16.7. The highest BCUT2D eigenvalue weighted by Gasteiger charge is 2.48. The molecule has 0 radical (unpaired) electrons. The van der Waals surface area contributed by atoms with Crippen LogP contribution in [0, 0.1) is 5.92 Å². The Morgan fingerprint density at radius 3 is 2.43 bits per heavy atom. The number of rotatable bonds is 10. The monoisotopic (exact) mass is 321 g/mol. The second-order valence-corrected chi connectivity index (χ2v) is 5.84. The largest absolute Gasteiger partial charge is 0.491 e. The summed E-state index contributed by atoms with van der Waals surface area (Å²) < 4.78 is 16.5. The first-order chi connectivity index (χ1) is 11.1. The Morgan fingerprint density at radius 1 is 1.17 bits per heavy atom. The van der Waals surface area contributed by atoms with E-state index in [9.17, 15) is 4.79 Å². The van der Waals surface area contributed by atoms with Crippen LogP contribution in [0.2, 0.25) is 0 Å². The molecular weight excluding hydrogens is 294 g/mol. The molecule has 1 aliphatic rings. The van der Waals surface area contributed by atoms with Crippen LogP contribution in [0.5, 0.6) is 5.75 Å². The van der Waals surface area contributed by atoms with Crippen molar-refractivity contribution in [2.45, 2.75) is 39.2 Å². The molecule has 5 heteroatoms. The molecule has 0 aliphatic heterocycles. The summed E-state index contributed by atoms with van der Waals surface area (Å²) in [4.78, 5) is 12.6. The Hall–Kier alpha value is -1.59. The normalized spacial score (nSPS) is 16.7. The first kappa shape index (κ1) is 17.8. The molecule has 0 saturated heterocycles. The SMILES string of the molecule is CCOCCOc1ccc(NC(=O)[C@@](C)(OCC)C2CC2)cc1. The summed E-state index contributed by atoms with van der Waals surface area (Å²) in [5, 5.41) is 2.95. The Labute approximate surface area is 138 Å². The van der Waals surface area contributed by atoms with Crippen molar-refractivity contribution in [2.24, 2.45) is 5.92 Å².